The second-order valence-electron chi connectivity index (χ2n) is 8.25. The van der Waals surface area contributed by atoms with Crippen LogP contribution in [0.2, 0.25) is 0 Å². The monoisotopic (exact) mass is 472 g/mol. The van der Waals surface area contributed by atoms with Crippen molar-refractivity contribution in [1.82, 2.24) is 19.4 Å². The normalized spacial score (nSPS) is 14.0. The molecule has 0 spiro atoms. The van der Waals surface area contributed by atoms with E-state index in [1.807, 2.05) is 12.1 Å². The van der Waals surface area contributed by atoms with E-state index in [-0.39, 0.29) is 38.6 Å². The van der Waals surface area contributed by atoms with Crippen LogP contribution in [-0.4, -0.2) is 80.9 Å². The Labute approximate surface area is 195 Å². The van der Waals surface area contributed by atoms with Crippen molar-refractivity contribution in [3.05, 3.63) is 52.6 Å². The predicted molar refractivity (Wildman–Crippen MR) is 123 cm³/mol. The van der Waals surface area contributed by atoms with Crippen LogP contribution in [0, 0.1) is 0 Å². The predicted octanol–water partition coefficient (Wildman–Crippen LogP) is 0.317. The van der Waals surface area contributed by atoms with Crippen LogP contribution in [0.25, 0.3) is 5.69 Å². The number of aliphatic hydroxyl groups excluding tert-OH is 1. The SMILES string of the molecule is CC(C)(OC(N)=O)C(=O)N1CCN(C(=O)Nc2ccn(-c3ccc(CCO)cc3)c(=O)n2)CC1. The van der Waals surface area contributed by atoms with Gasteiger partial charge < -0.3 is 25.4 Å². The number of hydrogen-bond acceptors (Lipinski definition) is 7. The molecule has 2 aromatic rings. The van der Waals surface area contributed by atoms with Crippen LogP contribution >= 0.6 is 0 Å². The van der Waals surface area contributed by atoms with E-state index in [1.165, 1.54) is 40.5 Å². The van der Waals surface area contributed by atoms with Crippen molar-refractivity contribution in [3.63, 3.8) is 0 Å². The quantitative estimate of drug-likeness (QED) is 0.545. The summed E-state index contributed by atoms with van der Waals surface area (Å²) in [4.78, 5) is 55.6. The van der Waals surface area contributed by atoms with Crippen molar-refractivity contribution >= 4 is 23.8 Å². The maximum Gasteiger partial charge on any atom is 0.405 e. The minimum Gasteiger partial charge on any atom is -0.434 e. The van der Waals surface area contributed by atoms with Gasteiger partial charge in [-0.05, 0) is 44.0 Å². The smallest absolute Gasteiger partial charge is 0.405 e. The van der Waals surface area contributed by atoms with E-state index >= 15 is 0 Å². The zero-order chi connectivity index (χ0) is 24.9. The highest BCUT2D eigenvalue weighted by molar-refractivity contribution is 5.89. The van der Waals surface area contributed by atoms with Crippen molar-refractivity contribution in [3.8, 4) is 5.69 Å². The number of nitrogens with zero attached hydrogens (tertiary/aromatic N) is 4. The van der Waals surface area contributed by atoms with Gasteiger partial charge in [0.05, 0.1) is 5.69 Å². The van der Waals surface area contributed by atoms with E-state index in [9.17, 15) is 19.2 Å². The maximum absolute atomic E-state index is 12.6. The van der Waals surface area contributed by atoms with Gasteiger partial charge in [0.1, 0.15) is 5.82 Å². The number of aliphatic hydroxyl groups is 1. The standard InChI is InChI=1S/C22H28N6O6/c1-22(2,34-19(23)31)18(30)26-10-12-27(13-11-26)20(32)24-17-7-9-28(21(33)25-17)16-5-3-15(4-6-16)8-14-29/h3-7,9,29H,8,10-14H2,1-2H3,(H2,23,31)(H,24,25,32,33). The average Bonchev–Trinajstić information content (AvgIpc) is 2.79. The van der Waals surface area contributed by atoms with Crippen LogP contribution in [0.1, 0.15) is 19.4 Å². The molecule has 12 nitrogen and oxygen atoms in total. The molecule has 3 rings (SSSR count). The highest BCUT2D eigenvalue weighted by Gasteiger charge is 2.37. The maximum atomic E-state index is 12.6. The molecule has 0 radical (unpaired) electrons. The third-order valence-corrected chi connectivity index (χ3v) is 5.38. The number of ether oxygens (including phenoxy) is 1. The molecule has 4 N–H and O–H groups in total. The van der Waals surface area contributed by atoms with E-state index in [0.717, 1.165) is 5.56 Å². The van der Waals surface area contributed by atoms with Crippen LogP contribution in [0.4, 0.5) is 15.4 Å². The van der Waals surface area contributed by atoms with Crippen molar-refractivity contribution < 1.29 is 24.2 Å². The molecule has 0 unspecified atom stereocenters. The van der Waals surface area contributed by atoms with Gasteiger partial charge >= 0.3 is 17.8 Å². The van der Waals surface area contributed by atoms with Gasteiger partial charge in [-0.2, -0.15) is 4.98 Å². The van der Waals surface area contributed by atoms with Crippen molar-refractivity contribution in [2.75, 3.05) is 38.1 Å². The number of nitrogens with one attached hydrogen (secondary N) is 1. The van der Waals surface area contributed by atoms with E-state index in [0.29, 0.717) is 12.1 Å². The molecule has 1 aliphatic rings. The Morgan fingerprint density at radius 2 is 1.71 bits per heavy atom. The number of rotatable bonds is 6. The van der Waals surface area contributed by atoms with Crippen LogP contribution in [0.5, 0.6) is 0 Å². The second kappa shape index (κ2) is 10.3. The first-order valence-electron chi connectivity index (χ1n) is 10.7. The first-order chi connectivity index (χ1) is 16.1. The summed E-state index contributed by atoms with van der Waals surface area (Å²) in [5, 5.41) is 11.6. The third-order valence-electron chi connectivity index (χ3n) is 5.38. The van der Waals surface area contributed by atoms with Gasteiger partial charge in [-0.1, -0.05) is 12.1 Å². The Hall–Kier alpha value is -3.93. The summed E-state index contributed by atoms with van der Waals surface area (Å²) in [6.07, 6.45) is 1.01. The van der Waals surface area contributed by atoms with Crippen LogP contribution in [0.15, 0.2) is 41.3 Å². The largest absolute Gasteiger partial charge is 0.434 e. The second-order valence-corrected chi connectivity index (χ2v) is 8.25. The van der Waals surface area contributed by atoms with Crippen molar-refractivity contribution in [2.24, 2.45) is 5.73 Å². The van der Waals surface area contributed by atoms with Gasteiger partial charge in [0.15, 0.2) is 5.60 Å². The summed E-state index contributed by atoms with van der Waals surface area (Å²) < 4.78 is 6.23. The van der Waals surface area contributed by atoms with E-state index < -0.39 is 29.3 Å². The minimum absolute atomic E-state index is 0.0439. The number of carbonyl (C=O) groups excluding carboxylic acids is 3. The first-order valence-corrected chi connectivity index (χ1v) is 10.7. The average molecular weight is 473 g/mol. The summed E-state index contributed by atoms with van der Waals surface area (Å²) in [6.45, 7) is 3.95. The number of benzene rings is 1. The Bertz CT molecular complexity index is 1110. The lowest BCUT2D eigenvalue weighted by Crippen LogP contribution is -2.56. The molecule has 0 atom stereocenters. The fourth-order valence-corrected chi connectivity index (χ4v) is 3.60. The molecule has 1 aliphatic heterocycles. The summed E-state index contributed by atoms with van der Waals surface area (Å²) in [6, 6.07) is 8.21. The molecule has 182 valence electrons. The Morgan fingerprint density at radius 1 is 1.09 bits per heavy atom. The van der Waals surface area contributed by atoms with Gasteiger partial charge in [-0.3, -0.25) is 14.7 Å². The lowest BCUT2D eigenvalue weighted by atomic mass is 10.1. The number of amides is 4. The minimum atomic E-state index is -1.40. The molecule has 1 aromatic heterocycles. The van der Waals surface area contributed by atoms with Crippen LogP contribution < -0.4 is 16.7 Å². The number of hydrogen-bond donors (Lipinski definition) is 3. The number of aromatic nitrogens is 2. The lowest BCUT2D eigenvalue weighted by Gasteiger charge is -2.37. The zero-order valence-corrected chi connectivity index (χ0v) is 19.1. The number of primary amides is 1. The molecule has 1 saturated heterocycles. The number of anilines is 1. The number of carbonyl (C=O) groups is 3. The summed E-state index contributed by atoms with van der Waals surface area (Å²) >= 11 is 0. The topological polar surface area (TPSA) is 160 Å². The van der Waals surface area contributed by atoms with Gasteiger partial charge in [-0.25, -0.2) is 14.4 Å². The molecular formula is C22H28N6O6. The van der Waals surface area contributed by atoms with Crippen LogP contribution in [0.3, 0.4) is 0 Å². The van der Waals surface area contributed by atoms with Crippen LogP contribution in [-0.2, 0) is 16.0 Å². The molecular weight excluding hydrogens is 444 g/mol. The fraction of sp³-hybridized carbons (Fsp3) is 0.409. The molecule has 34 heavy (non-hydrogen) atoms. The molecule has 0 bridgehead atoms. The highest BCUT2D eigenvalue weighted by Crippen LogP contribution is 2.16. The molecule has 12 heteroatoms. The van der Waals surface area contributed by atoms with Gasteiger partial charge in [-0.15, -0.1) is 0 Å². The van der Waals surface area contributed by atoms with Gasteiger partial charge in [0.25, 0.3) is 5.91 Å². The fourth-order valence-electron chi connectivity index (χ4n) is 3.60. The molecule has 0 aliphatic carbocycles. The lowest BCUT2D eigenvalue weighted by molar-refractivity contribution is -0.149. The molecule has 4 amide bonds. The summed E-state index contributed by atoms with van der Waals surface area (Å²) in [5.74, 6) is -0.293. The Kier molecular flexibility index (Phi) is 7.51. The Morgan fingerprint density at radius 3 is 2.26 bits per heavy atom. The van der Waals surface area contributed by atoms with E-state index in [4.69, 9.17) is 15.6 Å². The highest BCUT2D eigenvalue weighted by atomic mass is 16.6. The molecule has 2 heterocycles. The number of nitrogens with two attached hydrogens (primary N) is 1. The first kappa shape index (κ1) is 24.7. The number of piperazine rings is 1. The molecule has 1 fully saturated rings. The third kappa shape index (κ3) is 5.90. The van der Waals surface area contributed by atoms with Crippen molar-refractivity contribution in [1.29, 1.82) is 0 Å². The van der Waals surface area contributed by atoms with E-state index in [1.54, 1.807) is 12.1 Å². The number of urea groups is 1. The Balaban J connectivity index is 1.58. The van der Waals surface area contributed by atoms with Gasteiger partial charge in [0.2, 0.25) is 0 Å². The van der Waals surface area contributed by atoms with E-state index in [2.05, 4.69) is 10.3 Å². The van der Waals surface area contributed by atoms with Gasteiger partial charge in [0, 0.05) is 39.0 Å². The summed E-state index contributed by atoms with van der Waals surface area (Å²) in [7, 11) is 0. The van der Waals surface area contributed by atoms with Crippen molar-refractivity contribution in [2.45, 2.75) is 25.9 Å². The molecule has 0 saturated carbocycles. The summed E-state index contributed by atoms with van der Waals surface area (Å²) in [5.41, 5.74) is 4.62. The zero-order valence-electron chi connectivity index (χ0n) is 19.1. The molecule has 1 aromatic carbocycles.